The largest absolute Gasteiger partial charge is 0.395 e. The van der Waals surface area contributed by atoms with Crippen molar-refractivity contribution in [3.8, 4) is 11.8 Å². The molecule has 0 spiro atoms. The highest BCUT2D eigenvalue weighted by molar-refractivity contribution is 7.10. The maximum absolute atomic E-state index is 12.1. The monoisotopic (exact) mass is 291 g/mol. The van der Waals surface area contributed by atoms with Gasteiger partial charge in [0.25, 0.3) is 5.91 Å². The predicted molar refractivity (Wildman–Crippen MR) is 81.8 cm³/mol. The number of nitrogens with one attached hydrogen (secondary N) is 1. The van der Waals surface area contributed by atoms with Gasteiger partial charge in [-0.3, -0.25) is 4.79 Å². The van der Waals surface area contributed by atoms with Crippen LogP contribution in [0.25, 0.3) is 0 Å². The quantitative estimate of drug-likeness (QED) is 0.841. The molecular weight excluding hydrogens is 270 g/mol. The summed E-state index contributed by atoms with van der Waals surface area (Å²) in [6, 6.07) is 2.15. The molecule has 0 bridgehead atoms. The Morgan fingerprint density at radius 2 is 2.20 bits per heavy atom. The van der Waals surface area contributed by atoms with Crippen LogP contribution in [-0.2, 0) is 0 Å². The SMILES string of the molecule is CC1CCC(NC(=O)c2csc(C#CCCO)c2)CC1. The van der Waals surface area contributed by atoms with Crippen molar-refractivity contribution in [3.05, 3.63) is 21.9 Å². The average molecular weight is 291 g/mol. The molecule has 1 aromatic heterocycles. The van der Waals surface area contributed by atoms with E-state index in [1.54, 1.807) is 0 Å². The van der Waals surface area contributed by atoms with Crippen LogP contribution >= 0.6 is 11.3 Å². The number of carbonyl (C=O) groups is 1. The van der Waals surface area contributed by atoms with E-state index in [2.05, 4.69) is 24.1 Å². The van der Waals surface area contributed by atoms with Crippen molar-refractivity contribution in [1.29, 1.82) is 0 Å². The van der Waals surface area contributed by atoms with Crippen molar-refractivity contribution in [2.75, 3.05) is 6.61 Å². The zero-order chi connectivity index (χ0) is 14.4. The van der Waals surface area contributed by atoms with Gasteiger partial charge in [0.15, 0.2) is 0 Å². The highest BCUT2D eigenvalue weighted by Crippen LogP contribution is 2.24. The Bertz CT molecular complexity index is 504. The number of carbonyl (C=O) groups excluding carboxylic acids is 1. The van der Waals surface area contributed by atoms with Crippen molar-refractivity contribution < 1.29 is 9.90 Å². The number of amides is 1. The molecule has 1 heterocycles. The summed E-state index contributed by atoms with van der Waals surface area (Å²) in [5.74, 6) is 6.63. The summed E-state index contributed by atoms with van der Waals surface area (Å²) in [5.41, 5.74) is 0.696. The highest BCUT2D eigenvalue weighted by Gasteiger charge is 2.20. The molecule has 0 saturated heterocycles. The molecule has 20 heavy (non-hydrogen) atoms. The molecule has 1 aliphatic carbocycles. The molecule has 0 unspecified atom stereocenters. The Morgan fingerprint density at radius 1 is 1.45 bits per heavy atom. The Hall–Kier alpha value is -1.31. The van der Waals surface area contributed by atoms with Gasteiger partial charge in [-0.05, 0) is 37.7 Å². The Balaban J connectivity index is 1.88. The second-order valence-corrected chi connectivity index (χ2v) is 6.32. The molecular formula is C16H21NO2S. The van der Waals surface area contributed by atoms with E-state index in [9.17, 15) is 4.79 Å². The van der Waals surface area contributed by atoms with E-state index >= 15 is 0 Å². The van der Waals surface area contributed by atoms with Gasteiger partial charge in [-0.25, -0.2) is 0 Å². The lowest BCUT2D eigenvalue weighted by molar-refractivity contribution is 0.0923. The van der Waals surface area contributed by atoms with Gasteiger partial charge >= 0.3 is 0 Å². The molecule has 2 rings (SSSR count). The van der Waals surface area contributed by atoms with Crippen molar-refractivity contribution in [2.24, 2.45) is 5.92 Å². The minimum Gasteiger partial charge on any atom is -0.395 e. The van der Waals surface area contributed by atoms with Crippen LogP contribution in [0, 0.1) is 17.8 Å². The minimum atomic E-state index is 0.0102. The number of rotatable bonds is 3. The zero-order valence-electron chi connectivity index (χ0n) is 11.8. The number of aliphatic hydroxyl groups excluding tert-OH is 1. The van der Waals surface area contributed by atoms with Crippen LogP contribution in [0.15, 0.2) is 11.4 Å². The van der Waals surface area contributed by atoms with Gasteiger partial charge in [0.1, 0.15) is 0 Å². The fraction of sp³-hybridized carbons (Fsp3) is 0.562. The van der Waals surface area contributed by atoms with E-state index in [0.29, 0.717) is 18.0 Å². The molecule has 2 N–H and O–H groups in total. The molecule has 1 saturated carbocycles. The molecule has 1 amide bonds. The normalized spacial score (nSPS) is 21.9. The summed E-state index contributed by atoms with van der Waals surface area (Å²) in [6.45, 7) is 2.35. The Morgan fingerprint density at radius 3 is 2.90 bits per heavy atom. The van der Waals surface area contributed by atoms with E-state index in [4.69, 9.17) is 5.11 Å². The van der Waals surface area contributed by atoms with Gasteiger partial charge in [-0.15, -0.1) is 11.3 Å². The van der Waals surface area contributed by atoms with Crippen LogP contribution in [0.1, 0.15) is 54.3 Å². The van der Waals surface area contributed by atoms with Gasteiger partial charge in [-0.2, -0.15) is 0 Å². The van der Waals surface area contributed by atoms with Gasteiger partial charge in [-0.1, -0.05) is 18.8 Å². The van der Waals surface area contributed by atoms with Crippen LogP contribution in [-0.4, -0.2) is 23.7 Å². The average Bonchev–Trinajstić information content (AvgIpc) is 2.91. The van der Waals surface area contributed by atoms with Crippen molar-refractivity contribution in [2.45, 2.75) is 45.1 Å². The molecule has 1 fully saturated rings. The fourth-order valence-electron chi connectivity index (χ4n) is 2.40. The maximum Gasteiger partial charge on any atom is 0.252 e. The van der Waals surface area contributed by atoms with Crippen molar-refractivity contribution in [3.63, 3.8) is 0 Å². The highest BCUT2D eigenvalue weighted by atomic mass is 32.1. The van der Waals surface area contributed by atoms with Crippen LogP contribution in [0.2, 0.25) is 0 Å². The van der Waals surface area contributed by atoms with E-state index in [1.165, 1.54) is 24.2 Å². The first-order valence-corrected chi connectivity index (χ1v) is 8.06. The number of hydrogen-bond donors (Lipinski definition) is 2. The zero-order valence-corrected chi connectivity index (χ0v) is 12.6. The molecule has 0 radical (unpaired) electrons. The standard InChI is InChI=1S/C16H21NO2S/c1-12-5-7-14(8-6-12)17-16(19)13-10-15(20-11-13)4-2-3-9-18/h10-12,14,18H,3,5-9H2,1H3,(H,17,19). The van der Waals surface area contributed by atoms with E-state index in [1.807, 2.05) is 11.4 Å². The molecule has 1 aromatic rings. The molecule has 0 aliphatic heterocycles. The van der Waals surface area contributed by atoms with E-state index in [0.717, 1.165) is 23.6 Å². The summed E-state index contributed by atoms with van der Waals surface area (Å²) in [4.78, 5) is 13.0. The van der Waals surface area contributed by atoms with Crippen molar-refractivity contribution >= 4 is 17.2 Å². The third-order valence-corrected chi connectivity index (χ3v) is 4.51. The minimum absolute atomic E-state index is 0.0102. The predicted octanol–water partition coefficient (Wildman–Crippen LogP) is 2.79. The van der Waals surface area contributed by atoms with Crippen LogP contribution in [0.3, 0.4) is 0 Å². The Kier molecular flexibility index (Phi) is 5.63. The lowest BCUT2D eigenvalue weighted by atomic mass is 9.87. The molecule has 108 valence electrons. The first-order chi connectivity index (χ1) is 9.69. The fourth-order valence-corrected chi connectivity index (χ4v) is 3.15. The van der Waals surface area contributed by atoms with Gasteiger partial charge in [0.05, 0.1) is 17.0 Å². The molecule has 1 aliphatic rings. The molecule has 0 aromatic carbocycles. The molecule has 3 nitrogen and oxygen atoms in total. The summed E-state index contributed by atoms with van der Waals surface area (Å²) >= 11 is 1.47. The topological polar surface area (TPSA) is 49.3 Å². The van der Waals surface area contributed by atoms with Crippen LogP contribution < -0.4 is 5.32 Å². The molecule has 4 heteroatoms. The number of hydrogen-bond acceptors (Lipinski definition) is 3. The van der Waals surface area contributed by atoms with Gasteiger partial charge in [0, 0.05) is 17.8 Å². The van der Waals surface area contributed by atoms with Gasteiger partial charge < -0.3 is 10.4 Å². The van der Waals surface area contributed by atoms with E-state index in [-0.39, 0.29) is 12.5 Å². The van der Waals surface area contributed by atoms with Gasteiger partial charge in [0.2, 0.25) is 0 Å². The molecule has 0 atom stereocenters. The lowest BCUT2D eigenvalue weighted by Crippen LogP contribution is -2.37. The third kappa shape index (κ3) is 4.36. The third-order valence-electron chi connectivity index (χ3n) is 3.66. The van der Waals surface area contributed by atoms with Crippen molar-refractivity contribution in [1.82, 2.24) is 5.32 Å². The maximum atomic E-state index is 12.1. The van der Waals surface area contributed by atoms with Crippen LogP contribution in [0.5, 0.6) is 0 Å². The summed E-state index contributed by atoms with van der Waals surface area (Å²) in [5, 5.41) is 13.6. The second kappa shape index (κ2) is 7.47. The lowest BCUT2D eigenvalue weighted by Gasteiger charge is -2.26. The van der Waals surface area contributed by atoms with Crippen LogP contribution in [0.4, 0.5) is 0 Å². The number of aliphatic hydroxyl groups is 1. The first kappa shape index (κ1) is 15.1. The first-order valence-electron chi connectivity index (χ1n) is 7.18. The van der Waals surface area contributed by atoms with E-state index < -0.39 is 0 Å². The summed E-state index contributed by atoms with van der Waals surface area (Å²) in [6.07, 6.45) is 5.04. The Labute approximate surface area is 124 Å². The second-order valence-electron chi connectivity index (χ2n) is 5.41. The smallest absolute Gasteiger partial charge is 0.252 e. The summed E-state index contributed by atoms with van der Waals surface area (Å²) < 4.78 is 0. The summed E-state index contributed by atoms with van der Waals surface area (Å²) in [7, 11) is 0. The number of thiophene rings is 1.